The molecule has 2 heterocycles. The maximum atomic E-state index is 13.6. The molecule has 0 spiro atoms. The van der Waals surface area contributed by atoms with Crippen LogP contribution in [0.5, 0.6) is 5.75 Å². The Morgan fingerprint density at radius 1 is 1.03 bits per heavy atom. The molecule has 36 heavy (non-hydrogen) atoms. The number of phenols is 1. The van der Waals surface area contributed by atoms with Gasteiger partial charge in [-0.3, -0.25) is 14.7 Å². The summed E-state index contributed by atoms with van der Waals surface area (Å²) in [6.07, 6.45) is 2.48. The van der Waals surface area contributed by atoms with Crippen LogP contribution in [0.15, 0.2) is 114 Å². The van der Waals surface area contributed by atoms with Crippen LogP contribution in [0, 0.1) is 0 Å². The van der Waals surface area contributed by atoms with Crippen molar-refractivity contribution in [3.8, 4) is 5.75 Å². The smallest absolute Gasteiger partial charge is 0.356 e. The quantitative estimate of drug-likeness (QED) is 0.287. The minimum Gasteiger partial charge on any atom is -0.507 e. The number of aliphatic imine (C=N–C) groups is 1. The van der Waals surface area contributed by atoms with Crippen molar-refractivity contribution in [3.63, 3.8) is 0 Å². The zero-order valence-corrected chi connectivity index (χ0v) is 20.2. The van der Waals surface area contributed by atoms with Crippen LogP contribution in [0.25, 0.3) is 0 Å². The number of aromatic hydroxyl groups is 1. The van der Waals surface area contributed by atoms with E-state index in [9.17, 15) is 14.7 Å². The fourth-order valence-corrected chi connectivity index (χ4v) is 5.61. The van der Waals surface area contributed by atoms with Crippen LogP contribution in [0.1, 0.15) is 22.8 Å². The van der Waals surface area contributed by atoms with E-state index < -0.39 is 18.1 Å². The molecule has 0 radical (unpaired) electrons. The number of ether oxygens (including phenoxy) is 1. The van der Waals surface area contributed by atoms with Gasteiger partial charge in [0.15, 0.2) is 12.1 Å². The van der Waals surface area contributed by atoms with Crippen molar-refractivity contribution in [3.05, 3.63) is 126 Å². The Hall–Kier alpha value is -4.10. The molecule has 3 aromatic rings. The van der Waals surface area contributed by atoms with Crippen LogP contribution < -0.4 is 0 Å². The fraction of sp³-hybridized carbons (Fsp3) is 0.138. The Balaban J connectivity index is 1.41. The molecule has 0 aliphatic carbocycles. The van der Waals surface area contributed by atoms with Gasteiger partial charge in [0, 0.05) is 17.5 Å². The number of allylic oxidation sites excluding steroid dienone is 1. The third kappa shape index (κ3) is 4.45. The van der Waals surface area contributed by atoms with Crippen molar-refractivity contribution in [1.29, 1.82) is 0 Å². The number of nitrogens with zero attached hydrogens (tertiary/aromatic N) is 2. The number of phenolic OH excluding ortho intramolecular Hbond substituents is 1. The Labute approximate surface area is 213 Å². The summed E-state index contributed by atoms with van der Waals surface area (Å²) in [6, 6.07) is 25.2. The molecule has 0 bridgehead atoms. The van der Waals surface area contributed by atoms with Crippen molar-refractivity contribution >= 4 is 29.9 Å². The van der Waals surface area contributed by atoms with Gasteiger partial charge >= 0.3 is 5.97 Å². The summed E-state index contributed by atoms with van der Waals surface area (Å²) in [5, 5.41) is 9.66. The Kier molecular flexibility index (Phi) is 6.73. The highest BCUT2D eigenvalue weighted by molar-refractivity contribution is 8.00. The third-order valence-corrected chi connectivity index (χ3v) is 7.44. The zero-order valence-electron chi connectivity index (χ0n) is 19.4. The van der Waals surface area contributed by atoms with Crippen molar-refractivity contribution in [2.45, 2.75) is 17.5 Å². The van der Waals surface area contributed by atoms with Crippen LogP contribution in [-0.2, 0) is 14.3 Å². The summed E-state index contributed by atoms with van der Waals surface area (Å²) in [6.45, 7) is 3.85. The number of fused-ring (bicyclic) bond motifs is 1. The standard InChI is InChI=1S/C29H24N2O4S/c1-2-19-18-36-28-24(30-17-22-15-9-10-16-23(22)32)27(33)31(28)25(19)29(34)35-26(20-11-5-3-6-12-20)21-13-7-4-8-14-21/h2-17,24,26,28,32H,1,18H2/t24?,28-/m1/s1. The van der Waals surface area contributed by atoms with E-state index in [-0.39, 0.29) is 22.7 Å². The van der Waals surface area contributed by atoms with Crippen LogP contribution >= 0.6 is 11.8 Å². The molecule has 6 nitrogen and oxygen atoms in total. The Morgan fingerprint density at radius 3 is 2.25 bits per heavy atom. The molecule has 0 aromatic heterocycles. The van der Waals surface area contributed by atoms with E-state index >= 15 is 0 Å². The minimum atomic E-state index is -0.650. The van der Waals surface area contributed by atoms with E-state index in [4.69, 9.17) is 4.74 Å². The van der Waals surface area contributed by atoms with Gasteiger partial charge in [-0.05, 0) is 28.8 Å². The first-order chi connectivity index (χ1) is 17.6. The predicted octanol–water partition coefficient (Wildman–Crippen LogP) is 4.87. The van der Waals surface area contributed by atoms with Crippen LogP contribution in [0.4, 0.5) is 0 Å². The lowest BCUT2D eigenvalue weighted by atomic mass is 10.0. The molecule has 2 atom stereocenters. The SMILES string of the molecule is C=CC1=C(C(=O)OC(c2ccccc2)c2ccccc2)N2C(=O)C(N=Cc3ccccc3O)[C@H]2SC1. The van der Waals surface area contributed by atoms with E-state index in [1.807, 2.05) is 60.7 Å². The highest BCUT2D eigenvalue weighted by atomic mass is 32.2. The normalized spacial score (nSPS) is 19.2. The molecule has 5 rings (SSSR count). The molecule has 7 heteroatoms. The van der Waals surface area contributed by atoms with Crippen LogP contribution in [-0.4, -0.2) is 45.3 Å². The van der Waals surface area contributed by atoms with Gasteiger partial charge in [-0.15, -0.1) is 11.8 Å². The van der Waals surface area contributed by atoms with Crippen molar-refractivity contribution < 1.29 is 19.4 Å². The molecule has 180 valence electrons. The van der Waals surface area contributed by atoms with Crippen molar-refractivity contribution in [2.75, 3.05) is 5.75 Å². The van der Waals surface area contributed by atoms with E-state index in [1.165, 1.54) is 22.9 Å². The second kappa shape index (κ2) is 10.3. The van der Waals surface area contributed by atoms with Crippen molar-refractivity contribution in [2.24, 2.45) is 4.99 Å². The number of benzene rings is 3. The molecule has 2 aliphatic heterocycles. The molecule has 1 amide bonds. The number of hydrogen-bond donors (Lipinski definition) is 1. The summed E-state index contributed by atoms with van der Waals surface area (Å²) >= 11 is 1.52. The van der Waals surface area contributed by atoms with Crippen molar-refractivity contribution in [1.82, 2.24) is 4.90 Å². The number of carbonyl (C=O) groups is 2. The largest absolute Gasteiger partial charge is 0.507 e. The maximum Gasteiger partial charge on any atom is 0.356 e. The summed E-state index contributed by atoms with van der Waals surface area (Å²) in [5.74, 6) is -0.274. The van der Waals surface area contributed by atoms with Gasteiger partial charge in [-0.1, -0.05) is 85.5 Å². The van der Waals surface area contributed by atoms with E-state index in [0.717, 1.165) is 11.1 Å². The summed E-state index contributed by atoms with van der Waals surface area (Å²) in [7, 11) is 0. The Bertz CT molecular complexity index is 1310. The molecular formula is C29H24N2O4S. The lowest BCUT2D eigenvalue weighted by molar-refractivity contribution is -0.152. The number of amides is 1. The topological polar surface area (TPSA) is 79.2 Å². The molecule has 1 unspecified atom stereocenters. The zero-order chi connectivity index (χ0) is 25.1. The number of hydrogen-bond acceptors (Lipinski definition) is 6. The second-order valence-electron chi connectivity index (χ2n) is 8.38. The predicted molar refractivity (Wildman–Crippen MR) is 141 cm³/mol. The van der Waals surface area contributed by atoms with Gasteiger partial charge < -0.3 is 9.84 Å². The number of rotatable bonds is 7. The average molecular weight is 497 g/mol. The van der Waals surface area contributed by atoms with E-state index in [2.05, 4.69) is 11.6 Å². The number of thioether (sulfide) groups is 1. The first-order valence-corrected chi connectivity index (χ1v) is 12.6. The molecule has 1 N–H and O–H groups in total. The van der Waals surface area contributed by atoms with Gasteiger partial charge in [0.05, 0.1) is 0 Å². The Morgan fingerprint density at radius 2 is 1.64 bits per heavy atom. The number of esters is 1. The lowest BCUT2D eigenvalue weighted by Gasteiger charge is -2.48. The number of para-hydroxylation sites is 1. The molecule has 2 aliphatic rings. The van der Waals surface area contributed by atoms with Gasteiger partial charge in [-0.25, -0.2) is 4.79 Å². The van der Waals surface area contributed by atoms with Crippen LogP contribution in [0.3, 0.4) is 0 Å². The highest BCUT2D eigenvalue weighted by Gasteiger charge is 2.53. The van der Waals surface area contributed by atoms with E-state index in [0.29, 0.717) is 16.9 Å². The molecule has 3 aromatic carbocycles. The van der Waals surface area contributed by atoms with Gasteiger partial charge in [-0.2, -0.15) is 0 Å². The monoisotopic (exact) mass is 496 g/mol. The molecule has 1 saturated heterocycles. The molecule has 0 saturated carbocycles. The number of carbonyl (C=O) groups excluding carboxylic acids is 2. The van der Waals surface area contributed by atoms with E-state index in [1.54, 1.807) is 30.3 Å². The number of β-lactam (4-membered cyclic amide) rings is 1. The minimum absolute atomic E-state index is 0.0900. The lowest BCUT2D eigenvalue weighted by Crippen LogP contribution is -2.64. The summed E-state index contributed by atoms with van der Waals surface area (Å²) in [4.78, 5) is 32.6. The summed E-state index contributed by atoms with van der Waals surface area (Å²) in [5.41, 5.74) is 3.06. The average Bonchev–Trinajstić information content (AvgIpc) is 2.92. The maximum absolute atomic E-state index is 13.6. The summed E-state index contributed by atoms with van der Waals surface area (Å²) < 4.78 is 6.06. The van der Waals surface area contributed by atoms with Crippen LogP contribution in [0.2, 0.25) is 0 Å². The first kappa shape index (κ1) is 23.6. The van der Waals surface area contributed by atoms with Gasteiger partial charge in [0.25, 0.3) is 5.91 Å². The third-order valence-electron chi connectivity index (χ3n) is 6.15. The molecule has 1 fully saturated rings. The fourth-order valence-electron chi connectivity index (χ4n) is 4.28. The van der Waals surface area contributed by atoms with Gasteiger partial charge in [0.1, 0.15) is 16.8 Å². The first-order valence-electron chi connectivity index (χ1n) is 11.5. The molecular weight excluding hydrogens is 472 g/mol. The highest BCUT2D eigenvalue weighted by Crippen LogP contribution is 2.43. The van der Waals surface area contributed by atoms with Gasteiger partial charge in [0.2, 0.25) is 0 Å². The second-order valence-corrected chi connectivity index (χ2v) is 9.48.